The maximum Gasteiger partial charge on any atom is 0.416 e. The average molecular weight is 231 g/mol. The van der Waals surface area contributed by atoms with Crippen molar-refractivity contribution in [3.05, 3.63) is 34.9 Å². The van der Waals surface area contributed by atoms with Crippen molar-refractivity contribution in [3.63, 3.8) is 0 Å². The molecule has 0 aliphatic heterocycles. The van der Waals surface area contributed by atoms with Gasteiger partial charge in [0.2, 0.25) is 0 Å². The molecule has 0 aliphatic carbocycles. The summed E-state index contributed by atoms with van der Waals surface area (Å²) in [5.74, 6) is 0. The van der Waals surface area contributed by atoms with Crippen LogP contribution in [0.15, 0.2) is 18.2 Å². The predicted molar refractivity (Wildman–Crippen MR) is 58.5 cm³/mol. The van der Waals surface area contributed by atoms with Crippen LogP contribution in [0.4, 0.5) is 13.2 Å². The molecule has 0 spiro atoms. The van der Waals surface area contributed by atoms with Crippen LogP contribution in [-0.4, -0.2) is 13.6 Å². The summed E-state index contributed by atoms with van der Waals surface area (Å²) in [6.45, 7) is 2.54. The lowest BCUT2D eigenvalue weighted by molar-refractivity contribution is -0.137. The zero-order valence-corrected chi connectivity index (χ0v) is 9.49. The van der Waals surface area contributed by atoms with Gasteiger partial charge in [0, 0.05) is 0 Å². The van der Waals surface area contributed by atoms with E-state index in [9.17, 15) is 13.2 Å². The van der Waals surface area contributed by atoms with Crippen LogP contribution >= 0.6 is 0 Å². The quantitative estimate of drug-likeness (QED) is 0.839. The molecule has 90 valence electrons. The maximum atomic E-state index is 12.6. The second kappa shape index (κ2) is 5.34. The first-order chi connectivity index (χ1) is 7.47. The van der Waals surface area contributed by atoms with Gasteiger partial charge < -0.3 is 5.32 Å². The first-order valence-corrected chi connectivity index (χ1v) is 5.32. The topological polar surface area (TPSA) is 12.0 Å². The molecule has 1 aromatic rings. The van der Waals surface area contributed by atoms with Crippen LogP contribution in [0.1, 0.15) is 23.6 Å². The van der Waals surface area contributed by atoms with Gasteiger partial charge in [0.25, 0.3) is 0 Å². The summed E-state index contributed by atoms with van der Waals surface area (Å²) >= 11 is 0. The molecule has 0 bridgehead atoms. The number of rotatable bonds is 4. The SMILES string of the molecule is CCc1cc(CCNC)cc(C(F)(F)F)c1. The van der Waals surface area contributed by atoms with Gasteiger partial charge in [0.15, 0.2) is 0 Å². The van der Waals surface area contributed by atoms with Crippen LogP contribution in [0.3, 0.4) is 0 Å². The number of halogens is 3. The van der Waals surface area contributed by atoms with Gasteiger partial charge in [-0.1, -0.05) is 13.0 Å². The molecule has 0 heterocycles. The van der Waals surface area contributed by atoms with Crippen LogP contribution in [-0.2, 0) is 19.0 Å². The van der Waals surface area contributed by atoms with Gasteiger partial charge in [0.1, 0.15) is 0 Å². The second-order valence-electron chi connectivity index (χ2n) is 3.74. The smallest absolute Gasteiger partial charge is 0.319 e. The Morgan fingerprint density at radius 1 is 1.12 bits per heavy atom. The molecular weight excluding hydrogens is 215 g/mol. The molecule has 1 N–H and O–H groups in total. The van der Waals surface area contributed by atoms with E-state index in [-0.39, 0.29) is 0 Å². The van der Waals surface area contributed by atoms with Crippen molar-refractivity contribution in [2.24, 2.45) is 0 Å². The highest BCUT2D eigenvalue weighted by molar-refractivity contribution is 5.32. The van der Waals surface area contributed by atoms with Crippen LogP contribution < -0.4 is 5.32 Å². The van der Waals surface area contributed by atoms with Gasteiger partial charge in [-0.05, 0) is 49.7 Å². The standard InChI is InChI=1S/C12H16F3N/c1-3-9-6-10(4-5-16-2)8-11(7-9)12(13,14)15/h6-8,16H,3-5H2,1-2H3. The molecule has 0 atom stereocenters. The minimum absolute atomic E-state index is 0.544. The van der Waals surface area contributed by atoms with Gasteiger partial charge in [-0.2, -0.15) is 13.2 Å². The average Bonchev–Trinajstić information content (AvgIpc) is 2.24. The Morgan fingerprint density at radius 3 is 2.25 bits per heavy atom. The van der Waals surface area contributed by atoms with Gasteiger partial charge in [0.05, 0.1) is 5.56 Å². The van der Waals surface area contributed by atoms with E-state index < -0.39 is 11.7 Å². The summed E-state index contributed by atoms with van der Waals surface area (Å²) in [6.07, 6.45) is -3.01. The number of benzene rings is 1. The van der Waals surface area contributed by atoms with Crippen molar-refractivity contribution < 1.29 is 13.2 Å². The molecule has 16 heavy (non-hydrogen) atoms. The van der Waals surface area contributed by atoms with E-state index in [0.717, 1.165) is 11.1 Å². The van der Waals surface area contributed by atoms with Crippen molar-refractivity contribution >= 4 is 0 Å². The normalized spacial score (nSPS) is 11.8. The highest BCUT2D eigenvalue weighted by Gasteiger charge is 2.30. The van der Waals surface area contributed by atoms with Crippen molar-refractivity contribution in [2.45, 2.75) is 25.9 Å². The molecule has 0 unspecified atom stereocenters. The number of likely N-dealkylation sites (N-methyl/N-ethyl adjacent to an activating group) is 1. The van der Waals surface area contributed by atoms with E-state index in [1.165, 1.54) is 12.1 Å². The molecule has 4 heteroatoms. The summed E-state index contributed by atoms with van der Waals surface area (Å²) in [5, 5.41) is 2.93. The first kappa shape index (κ1) is 13.0. The van der Waals surface area contributed by atoms with Crippen LogP contribution in [0.25, 0.3) is 0 Å². The molecule has 0 amide bonds. The number of aryl methyl sites for hydroxylation is 1. The molecule has 0 saturated heterocycles. The van der Waals surface area contributed by atoms with Crippen LogP contribution in [0, 0.1) is 0 Å². The fraction of sp³-hybridized carbons (Fsp3) is 0.500. The fourth-order valence-electron chi connectivity index (χ4n) is 1.54. The number of hydrogen-bond acceptors (Lipinski definition) is 1. The Kier molecular flexibility index (Phi) is 4.35. The number of hydrogen-bond donors (Lipinski definition) is 1. The minimum Gasteiger partial charge on any atom is -0.319 e. The number of alkyl halides is 3. The first-order valence-electron chi connectivity index (χ1n) is 5.32. The van der Waals surface area contributed by atoms with Crippen molar-refractivity contribution in [1.82, 2.24) is 5.32 Å². The summed E-state index contributed by atoms with van der Waals surface area (Å²) in [4.78, 5) is 0. The predicted octanol–water partition coefficient (Wildman–Crippen LogP) is 3.03. The Hall–Kier alpha value is -1.03. The van der Waals surface area contributed by atoms with Gasteiger partial charge >= 0.3 is 6.18 Å². The summed E-state index contributed by atoms with van der Waals surface area (Å²) < 4.78 is 37.8. The third-order valence-electron chi connectivity index (χ3n) is 2.45. The molecule has 0 saturated carbocycles. The monoisotopic (exact) mass is 231 g/mol. The molecule has 0 fully saturated rings. The van der Waals surface area contributed by atoms with E-state index in [2.05, 4.69) is 5.32 Å². The van der Waals surface area contributed by atoms with E-state index >= 15 is 0 Å². The zero-order valence-electron chi connectivity index (χ0n) is 9.49. The molecule has 1 nitrogen and oxygen atoms in total. The molecule has 0 radical (unpaired) electrons. The molecular formula is C12H16F3N. The highest BCUT2D eigenvalue weighted by atomic mass is 19.4. The fourth-order valence-corrected chi connectivity index (χ4v) is 1.54. The maximum absolute atomic E-state index is 12.6. The van der Waals surface area contributed by atoms with Gasteiger partial charge in [-0.25, -0.2) is 0 Å². The Bertz CT molecular complexity index is 345. The van der Waals surface area contributed by atoms with E-state index in [0.29, 0.717) is 19.4 Å². The van der Waals surface area contributed by atoms with E-state index in [1.807, 2.05) is 13.0 Å². The molecule has 1 rings (SSSR count). The van der Waals surface area contributed by atoms with Crippen LogP contribution in [0.2, 0.25) is 0 Å². The lowest BCUT2D eigenvalue weighted by Crippen LogP contribution is -2.12. The van der Waals surface area contributed by atoms with Crippen molar-refractivity contribution in [2.75, 3.05) is 13.6 Å². The van der Waals surface area contributed by atoms with Gasteiger partial charge in [-0.3, -0.25) is 0 Å². The van der Waals surface area contributed by atoms with E-state index in [1.54, 1.807) is 7.05 Å². The Morgan fingerprint density at radius 2 is 1.75 bits per heavy atom. The van der Waals surface area contributed by atoms with Gasteiger partial charge in [-0.15, -0.1) is 0 Å². The Labute approximate surface area is 93.7 Å². The van der Waals surface area contributed by atoms with E-state index in [4.69, 9.17) is 0 Å². The molecule has 0 aromatic heterocycles. The third kappa shape index (κ3) is 3.52. The van der Waals surface area contributed by atoms with Crippen molar-refractivity contribution in [1.29, 1.82) is 0 Å². The third-order valence-corrected chi connectivity index (χ3v) is 2.45. The molecule has 0 aliphatic rings. The second-order valence-corrected chi connectivity index (χ2v) is 3.74. The summed E-state index contributed by atoms with van der Waals surface area (Å²) in [6, 6.07) is 4.30. The largest absolute Gasteiger partial charge is 0.416 e. The summed E-state index contributed by atoms with van der Waals surface area (Å²) in [5.41, 5.74) is 0.930. The lowest BCUT2D eigenvalue weighted by atomic mass is 10.0. The van der Waals surface area contributed by atoms with Crippen LogP contribution in [0.5, 0.6) is 0 Å². The minimum atomic E-state index is -4.25. The van der Waals surface area contributed by atoms with Crippen molar-refractivity contribution in [3.8, 4) is 0 Å². The lowest BCUT2D eigenvalue weighted by Gasteiger charge is -2.11. The number of nitrogens with one attached hydrogen (secondary N) is 1. The highest BCUT2D eigenvalue weighted by Crippen LogP contribution is 2.30. The Balaban J connectivity index is 3.01. The zero-order chi connectivity index (χ0) is 12.2. The molecule has 1 aromatic carbocycles. The summed E-state index contributed by atoms with van der Waals surface area (Å²) in [7, 11) is 1.79.